The van der Waals surface area contributed by atoms with Crippen molar-refractivity contribution in [2.45, 2.75) is 32.2 Å². The lowest BCUT2D eigenvalue weighted by Gasteiger charge is -2.25. The lowest BCUT2D eigenvalue weighted by Crippen LogP contribution is -2.42. The second-order valence-electron chi connectivity index (χ2n) is 6.93. The molecule has 0 aliphatic carbocycles. The molecule has 7 heteroatoms. The largest absolute Gasteiger partial charge is 0.468 e. The summed E-state index contributed by atoms with van der Waals surface area (Å²) in [6.07, 6.45) is 1.72. The van der Waals surface area contributed by atoms with Crippen LogP contribution in [-0.2, 0) is 5.41 Å². The highest BCUT2D eigenvalue weighted by Crippen LogP contribution is 2.27. The molecule has 0 radical (unpaired) electrons. The van der Waals surface area contributed by atoms with E-state index in [1.807, 2.05) is 12.1 Å². The summed E-state index contributed by atoms with van der Waals surface area (Å²) < 4.78 is 5.57. The summed E-state index contributed by atoms with van der Waals surface area (Å²) in [7, 11) is 4.11. The standard InChI is InChI=1S/C19H30N4OS.HI/c1-6-20-18(22-14-19(2,3)17-10-8-12-25-17)21-13-15(23(4)5)16-9-7-11-24-16;/h7-12,15H,6,13-14H2,1-5H3,(H2,20,21,22);1H. The molecule has 0 saturated carbocycles. The first-order valence-corrected chi connectivity index (χ1v) is 9.58. The van der Waals surface area contributed by atoms with E-state index in [1.54, 1.807) is 17.6 Å². The first-order valence-electron chi connectivity index (χ1n) is 8.70. The zero-order valence-electron chi connectivity index (χ0n) is 16.3. The van der Waals surface area contributed by atoms with Gasteiger partial charge in [-0.1, -0.05) is 19.9 Å². The van der Waals surface area contributed by atoms with Gasteiger partial charge in [-0.05, 0) is 44.6 Å². The first kappa shape index (κ1) is 23.0. The minimum absolute atomic E-state index is 0. The number of nitrogens with zero attached hydrogens (tertiary/aromatic N) is 2. The molecule has 0 aliphatic heterocycles. The third-order valence-corrected chi connectivity index (χ3v) is 5.36. The van der Waals surface area contributed by atoms with Gasteiger partial charge in [0.1, 0.15) is 5.76 Å². The number of thiophene rings is 1. The second-order valence-corrected chi connectivity index (χ2v) is 7.88. The molecule has 2 heterocycles. The van der Waals surface area contributed by atoms with Gasteiger partial charge < -0.3 is 15.1 Å². The number of likely N-dealkylation sites (N-methyl/N-ethyl adjacent to an activating group) is 1. The second kappa shape index (κ2) is 10.9. The van der Waals surface area contributed by atoms with E-state index in [9.17, 15) is 0 Å². The first-order chi connectivity index (χ1) is 11.9. The van der Waals surface area contributed by atoms with Crippen LogP contribution in [0.4, 0.5) is 0 Å². The smallest absolute Gasteiger partial charge is 0.191 e. The zero-order chi connectivity index (χ0) is 18.3. The molecule has 1 atom stereocenters. The van der Waals surface area contributed by atoms with Crippen LogP contribution in [0.15, 0.2) is 45.3 Å². The summed E-state index contributed by atoms with van der Waals surface area (Å²) in [4.78, 5) is 8.30. The molecule has 146 valence electrons. The number of furan rings is 1. The summed E-state index contributed by atoms with van der Waals surface area (Å²) in [5, 5.41) is 8.90. The molecular weight excluding hydrogens is 459 g/mol. The Morgan fingerprint density at radius 2 is 2.04 bits per heavy atom. The molecule has 0 fully saturated rings. The summed E-state index contributed by atoms with van der Waals surface area (Å²) >= 11 is 1.79. The van der Waals surface area contributed by atoms with E-state index in [1.165, 1.54) is 4.88 Å². The molecule has 0 amide bonds. The molecule has 2 aromatic heterocycles. The van der Waals surface area contributed by atoms with Gasteiger partial charge in [0, 0.05) is 23.4 Å². The Bertz CT molecular complexity index is 639. The van der Waals surface area contributed by atoms with Crippen LogP contribution in [-0.4, -0.2) is 44.6 Å². The average molecular weight is 490 g/mol. The van der Waals surface area contributed by atoms with Crippen molar-refractivity contribution in [2.24, 2.45) is 4.99 Å². The molecule has 2 rings (SSSR count). The van der Waals surface area contributed by atoms with Crippen LogP contribution in [0.25, 0.3) is 0 Å². The maximum Gasteiger partial charge on any atom is 0.191 e. The fourth-order valence-corrected chi connectivity index (χ4v) is 3.42. The van der Waals surface area contributed by atoms with Crippen LogP contribution >= 0.6 is 35.3 Å². The number of hydrogen-bond donors (Lipinski definition) is 2. The number of nitrogens with one attached hydrogen (secondary N) is 2. The fraction of sp³-hybridized carbons (Fsp3) is 0.526. The number of aliphatic imine (C=N–C) groups is 1. The van der Waals surface area contributed by atoms with Gasteiger partial charge in [-0.3, -0.25) is 9.89 Å². The summed E-state index contributed by atoms with van der Waals surface area (Å²) in [5.74, 6) is 1.79. The fourth-order valence-electron chi connectivity index (χ4n) is 2.57. The van der Waals surface area contributed by atoms with Crippen molar-refractivity contribution in [2.75, 3.05) is 33.7 Å². The summed E-state index contributed by atoms with van der Waals surface area (Å²) in [6, 6.07) is 8.37. The molecule has 2 N–H and O–H groups in total. The average Bonchev–Trinajstić information content (AvgIpc) is 3.26. The van der Waals surface area contributed by atoms with Crippen molar-refractivity contribution in [3.8, 4) is 0 Å². The maximum absolute atomic E-state index is 5.57. The van der Waals surface area contributed by atoms with Crippen LogP contribution < -0.4 is 10.6 Å². The van der Waals surface area contributed by atoms with Gasteiger partial charge in [0.2, 0.25) is 0 Å². The topological polar surface area (TPSA) is 52.8 Å². The van der Waals surface area contributed by atoms with Gasteiger partial charge in [-0.15, -0.1) is 35.3 Å². The van der Waals surface area contributed by atoms with Gasteiger partial charge in [0.05, 0.1) is 18.8 Å². The molecule has 2 aromatic rings. The Morgan fingerprint density at radius 3 is 2.58 bits per heavy atom. The van der Waals surface area contributed by atoms with Crippen LogP contribution in [0.2, 0.25) is 0 Å². The molecule has 0 spiro atoms. The van der Waals surface area contributed by atoms with Crippen molar-refractivity contribution in [1.29, 1.82) is 0 Å². The SMILES string of the molecule is CCNC(=NCC(C)(C)c1cccs1)NCC(c1ccco1)N(C)C.I. The zero-order valence-corrected chi connectivity index (χ0v) is 19.4. The number of rotatable bonds is 8. The Hall–Kier alpha value is -1.06. The minimum atomic E-state index is 0. The quantitative estimate of drug-likeness (QED) is 0.333. The predicted octanol–water partition coefficient (Wildman–Crippen LogP) is 4.09. The Labute approximate surface area is 178 Å². The molecule has 0 bridgehead atoms. The summed E-state index contributed by atoms with van der Waals surface area (Å²) in [6.45, 7) is 8.84. The van der Waals surface area contributed by atoms with E-state index in [0.29, 0.717) is 0 Å². The maximum atomic E-state index is 5.57. The Kier molecular flexibility index (Phi) is 9.67. The molecular formula is C19H31IN4OS. The predicted molar refractivity (Wildman–Crippen MR) is 122 cm³/mol. The van der Waals surface area contributed by atoms with E-state index in [4.69, 9.17) is 9.41 Å². The molecule has 5 nitrogen and oxygen atoms in total. The highest BCUT2D eigenvalue weighted by molar-refractivity contribution is 14.0. The highest BCUT2D eigenvalue weighted by Gasteiger charge is 2.22. The van der Waals surface area contributed by atoms with Crippen LogP contribution in [0.3, 0.4) is 0 Å². The third kappa shape index (κ3) is 6.59. The monoisotopic (exact) mass is 490 g/mol. The van der Waals surface area contributed by atoms with Crippen LogP contribution in [0, 0.1) is 0 Å². The van der Waals surface area contributed by atoms with Crippen molar-refractivity contribution < 1.29 is 4.42 Å². The van der Waals surface area contributed by atoms with E-state index in [-0.39, 0.29) is 35.4 Å². The van der Waals surface area contributed by atoms with Gasteiger partial charge in [-0.25, -0.2) is 0 Å². The Balaban J connectivity index is 0.00000338. The van der Waals surface area contributed by atoms with Gasteiger partial charge in [0.15, 0.2) is 5.96 Å². The van der Waals surface area contributed by atoms with Crippen LogP contribution in [0.5, 0.6) is 0 Å². The van der Waals surface area contributed by atoms with Crippen molar-refractivity contribution in [3.05, 3.63) is 46.5 Å². The third-order valence-electron chi connectivity index (χ3n) is 4.12. The van der Waals surface area contributed by atoms with E-state index >= 15 is 0 Å². The van der Waals surface area contributed by atoms with Gasteiger partial charge >= 0.3 is 0 Å². The van der Waals surface area contributed by atoms with Gasteiger partial charge in [0.25, 0.3) is 0 Å². The molecule has 0 saturated heterocycles. The minimum Gasteiger partial charge on any atom is -0.468 e. The molecule has 1 unspecified atom stereocenters. The summed E-state index contributed by atoms with van der Waals surface area (Å²) in [5.41, 5.74) is 0.0263. The van der Waals surface area contributed by atoms with E-state index < -0.39 is 0 Å². The molecule has 26 heavy (non-hydrogen) atoms. The number of hydrogen-bond acceptors (Lipinski definition) is 4. The lowest BCUT2D eigenvalue weighted by atomic mass is 9.92. The van der Waals surface area contributed by atoms with Crippen molar-refractivity contribution >= 4 is 41.3 Å². The van der Waals surface area contributed by atoms with E-state index in [2.05, 4.69) is 67.9 Å². The highest BCUT2D eigenvalue weighted by atomic mass is 127. The number of halogens is 1. The Morgan fingerprint density at radius 1 is 1.27 bits per heavy atom. The molecule has 0 aliphatic rings. The molecule has 0 aromatic carbocycles. The lowest BCUT2D eigenvalue weighted by molar-refractivity contribution is 0.258. The van der Waals surface area contributed by atoms with Gasteiger partial charge in [-0.2, -0.15) is 0 Å². The van der Waals surface area contributed by atoms with Crippen molar-refractivity contribution in [1.82, 2.24) is 15.5 Å². The normalized spacial score (nSPS) is 13.4. The van der Waals surface area contributed by atoms with E-state index in [0.717, 1.165) is 31.4 Å². The van der Waals surface area contributed by atoms with Crippen molar-refractivity contribution in [3.63, 3.8) is 0 Å². The van der Waals surface area contributed by atoms with Crippen LogP contribution in [0.1, 0.15) is 37.5 Å². The number of guanidine groups is 1.